The first kappa shape index (κ1) is 14.2. The van der Waals surface area contributed by atoms with Crippen molar-refractivity contribution >= 4 is 29.0 Å². The van der Waals surface area contributed by atoms with E-state index in [1.165, 1.54) is 11.3 Å². The fourth-order valence-corrected chi connectivity index (χ4v) is 1.89. The highest BCUT2D eigenvalue weighted by Crippen LogP contribution is 2.22. The first-order valence-corrected chi connectivity index (χ1v) is 6.31. The minimum atomic E-state index is -0.887. The third-order valence-electron chi connectivity index (χ3n) is 1.95. The van der Waals surface area contributed by atoms with Crippen LogP contribution in [0.4, 0.5) is 0 Å². The van der Waals surface area contributed by atoms with Crippen LogP contribution in [-0.4, -0.2) is 30.3 Å². The molecule has 6 heteroatoms. The van der Waals surface area contributed by atoms with Gasteiger partial charge < -0.3 is 14.6 Å². The maximum atomic E-state index is 11.7. The van der Waals surface area contributed by atoms with Crippen LogP contribution >= 0.6 is 11.3 Å². The van der Waals surface area contributed by atoms with Crippen LogP contribution in [0.15, 0.2) is 23.1 Å². The molecule has 1 N–H and O–H groups in total. The van der Waals surface area contributed by atoms with E-state index in [-0.39, 0.29) is 13.2 Å². The summed E-state index contributed by atoms with van der Waals surface area (Å²) in [5, 5.41) is 11.7. The third-order valence-corrected chi connectivity index (χ3v) is 2.83. The van der Waals surface area contributed by atoms with Gasteiger partial charge >= 0.3 is 11.9 Å². The molecule has 0 fully saturated rings. The molecule has 0 atom stereocenters. The van der Waals surface area contributed by atoms with Crippen molar-refractivity contribution in [1.29, 1.82) is 0 Å². The molecule has 0 aliphatic heterocycles. The quantitative estimate of drug-likeness (QED) is 0.292. The first-order chi connectivity index (χ1) is 8.61. The smallest absolute Gasteiger partial charge is 0.349 e. The summed E-state index contributed by atoms with van der Waals surface area (Å²) in [7, 11) is 0. The molecule has 0 aliphatic rings. The van der Waals surface area contributed by atoms with Crippen LogP contribution < -0.4 is 0 Å². The molecule has 1 heterocycles. The highest BCUT2D eigenvalue weighted by atomic mass is 32.1. The van der Waals surface area contributed by atoms with Crippen LogP contribution in [0, 0.1) is 0 Å². The molecule has 0 saturated heterocycles. The van der Waals surface area contributed by atoms with Gasteiger partial charge in [-0.1, -0.05) is 6.07 Å². The number of thiophene rings is 1. The monoisotopic (exact) mass is 270 g/mol. The average molecular weight is 270 g/mol. The number of hydrogen-bond donors (Lipinski definition) is 1. The molecule has 0 saturated carbocycles. The number of carbonyl (C=O) groups excluding carboxylic acids is 2. The fraction of sp³-hybridized carbons (Fsp3) is 0.333. The van der Waals surface area contributed by atoms with E-state index in [0.29, 0.717) is 4.88 Å². The summed E-state index contributed by atoms with van der Waals surface area (Å²) < 4.78 is 9.48. The van der Waals surface area contributed by atoms with Gasteiger partial charge in [0.15, 0.2) is 11.3 Å². The predicted molar refractivity (Wildman–Crippen MR) is 67.1 cm³/mol. The molecule has 1 aromatic rings. The maximum Gasteiger partial charge on any atom is 0.349 e. The molecule has 5 nitrogen and oxygen atoms in total. The second-order valence-corrected chi connectivity index (χ2v) is 4.09. The largest absolute Gasteiger partial charge is 0.505 e. The van der Waals surface area contributed by atoms with Crippen molar-refractivity contribution in [2.24, 2.45) is 0 Å². The number of hydrogen-bond acceptors (Lipinski definition) is 6. The van der Waals surface area contributed by atoms with Crippen molar-refractivity contribution in [2.75, 3.05) is 13.2 Å². The minimum absolute atomic E-state index is 0.111. The van der Waals surface area contributed by atoms with Gasteiger partial charge in [0.05, 0.1) is 18.1 Å². The van der Waals surface area contributed by atoms with Crippen LogP contribution in [-0.2, 0) is 19.1 Å². The summed E-state index contributed by atoms with van der Waals surface area (Å²) in [5.41, 5.74) is -0.471. The van der Waals surface area contributed by atoms with Crippen LogP contribution in [0.2, 0.25) is 0 Å². The Bertz CT molecular complexity index is 427. The lowest BCUT2D eigenvalue weighted by atomic mass is 10.2. The van der Waals surface area contributed by atoms with E-state index in [1.54, 1.807) is 31.4 Å². The summed E-state index contributed by atoms with van der Waals surface area (Å²) in [6, 6.07) is 3.29. The lowest BCUT2D eigenvalue weighted by molar-refractivity contribution is -0.146. The highest BCUT2D eigenvalue weighted by molar-refractivity contribution is 7.11. The normalized spacial score (nSPS) is 9.67. The zero-order valence-corrected chi connectivity index (χ0v) is 11.0. The van der Waals surface area contributed by atoms with E-state index in [1.807, 2.05) is 0 Å². The van der Waals surface area contributed by atoms with E-state index in [9.17, 15) is 14.7 Å². The number of aliphatic hydroxyl groups is 1. The van der Waals surface area contributed by atoms with Gasteiger partial charge in [0.1, 0.15) is 0 Å². The molecule has 0 spiro atoms. The zero-order chi connectivity index (χ0) is 13.5. The van der Waals surface area contributed by atoms with Crippen LogP contribution in [0.3, 0.4) is 0 Å². The van der Waals surface area contributed by atoms with E-state index in [2.05, 4.69) is 0 Å². The van der Waals surface area contributed by atoms with Gasteiger partial charge in [-0.3, -0.25) is 0 Å². The van der Waals surface area contributed by atoms with Crippen LogP contribution in [0.25, 0.3) is 5.76 Å². The van der Waals surface area contributed by atoms with Crippen LogP contribution in [0.1, 0.15) is 18.7 Å². The molecular formula is C12H14O5S. The Balaban J connectivity index is 3.14. The van der Waals surface area contributed by atoms with Gasteiger partial charge in [0.25, 0.3) is 0 Å². The zero-order valence-electron chi connectivity index (χ0n) is 10.1. The van der Waals surface area contributed by atoms with E-state index < -0.39 is 23.3 Å². The standard InChI is InChI=1S/C12H14O5S/c1-3-16-11(14)9(12(15)17-4-2)10(13)8-6-5-7-18-8/h5-7,13H,3-4H2,1-2H3. The molecule has 0 aromatic carbocycles. The molecule has 0 amide bonds. The van der Waals surface area contributed by atoms with Crippen LogP contribution in [0.5, 0.6) is 0 Å². The SMILES string of the molecule is CCOC(=O)C(C(=O)OCC)=C(O)c1cccs1. The van der Waals surface area contributed by atoms with Gasteiger partial charge in [0, 0.05) is 0 Å². The Morgan fingerprint density at radius 3 is 2.17 bits per heavy atom. The van der Waals surface area contributed by atoms with Crippen molar-refractivity contribution in [1.82, 2.24) is 0 Å². The molecule has 1 rings (SSSR count). The lowest BCUT2D eigenvalue weighted by Gasteiger charge is -2.08. The maximum absolute atomic E-state index is 11.7. The van der Waals surface area contributed by atoms with E-state index in [0.717, 1.165) is 0 Å². The second-order valence-electron chi connectivity index (χ2n) is 3.14. The Morgan fingerprint density at radius 2 is 1.78 bits per heavy atom. The first-order valence-electron chi connectivity index (χ1n) is 5.43. The van der Waals surface area contributed by atoms with Crippen molar-refractivity contribution < 1.29 is 24.2 Å². The summed E-state index contributed by atoms with van der Waals surface area (Å²) in [5.74, 6) is -2.19. The summed E-state index contributed by atoms with van der Waals surface area (Å²) in [4.78, 5) is 23.7. The van der Waals surface area contributed by atoms with Crippen molar-refractivity contribution in [3.63, 3.8) is 0 Å². The number of rotatable bonds is 5. The Labute approximate surface area is 109 Å². The number of carbonyl (C=O) groups is 2. The predicted octanol–water partition coefficient (Wildman–Crippen LogP) is 2.14. The van der Waals surface area contributed by atoms with E-state index in [4.69, 9.17) is 9.47 Å². The molecule has 0 unspecified atom stereocenters. The third kappa shape index (κ3) is 3.33. The van der Waals surface area contributed by atoms with Gasteiger partial charge in [-0.25, -0.2) is 9.59 Å². The fourth-order valence-electron chi connectivity index (χ4n) is 1.22. The summed E-state index contributed by atoms with van der Waals surface area (Å²) in [6.45, 7) is 3.45. The molecular weight excluding hydrogens is 256 g/mol. The number of esters is 2. The number of ether oxygens (including phenoxy) is 2. The molecule has 0 aliphatic carbocycles. The van der Waals surface area contributed by atoms with Crippen molar-refractivity contribution in [2.45, 2.75) is 13.8 Å². The van der Waals surface area contributed by atoms with Gasteiger partial charge in [-0.15, -0.1) is 11.3 Å². The Morgan fingerprint density at radius 1 is 1.22 bits per heavy atom. The van der Waals surface area contributed by atoms with E-state index >= 15 is 0 Å². The summed E-state index contributed by atoms with van der Waals surface area (Å²) in [6.07, 6.45) is 0. The molecule has 98 valence electrons. The van der Waals surface area contributed by atoms with Gasteiger partial charge in [0.2, 0.25) is 0 Å². The molecule has 0 bridgehead atoms. The van der Waals surface area contributed by atoms with Gasteiger partial charge in [-0.05, 0) is 25.3 Å². The van der Waals surface area contributed by atoms with Crippen molar-refractivity contribution in [3.8, 4) is 0 Å². The average Bonchev–Trinajstić information content (AvgIpc) is 2.83. The Hall–Kier alpha value is -1.82. The molecule has 0 radical (unpaired) electrons. The second kappa shape index (κ2) is 6.80. The molecule has 18 heavy (non-hydrogen) atoms. The molecule has 1 aromatic heterocycles. The highest BCUT2D eigenvalue weighted by Gasteiger charge is 2.27. The topological polar surface area (TPSA) is 72.8 Å². The lowest BCUT2D eigenvalue weighted by Crippen LogP contribution is -2.20. The van der Waals surface area contributed by atoms with Crippen molar-refractivity contribution in [3.05, 3.63) is 28.0 Å². The summed E-state index contributed by atoms with van der Waals surface area (Å²) >= 11 is 1.21. The minimum Gasteiger partial charge on any atom is -0.505 e. The number of aliphatic hydroxyl groups excluding tert-OH is 1. The Kier molecular flexibility index (Phi) is 5.38. The van der Waals surface area contributed by atoms with Gasteiger partial charge in [-0.2, -0.15) is 0 Å².